The number of fused-ring (bicyclic) bond motifs is 1. The first-order chi connectivity index (χ1) is 9.08. The first-order valence-electron chi connectivity index (χ1n) is 5.98. The quantitative estimate of drug-likeness (QED) is 0.880. The zero-order valence-corrected chi connectivity index (χ0v) is 11.9. The maximum absolute atomic E-state index is 6.30. The molecular weight excluding hydrogens is 285 g/mol. The maximum atomic E-state index is 6.30. The molecule has 1 aliphatic rings. The molecule has 0 aliphatic carbocycles. The molecular formula is C13H13Cl2N3O. The van der Waals surface area contributed by atoms with E-state index in [4.69, 9.17) is 33.7 Å². The van der Waals surface area contributed by atoms with Crippen molar-refractivity contribution in [1.29, 1.82) is 0 Å². The molecule has 2 heterocycles. The van der Waals surface area contributed by atoms with Gasteiger partial charge in [0.2, 0.25) is 0 Å². The third-order valence-electron chi connectivity index (χ3n) is 3.31. The summed E-state index contributed by atoms with van der Waals surface area (Å²) in [5.41, 5.74) is 9.61. The van der Waals surface area contributed by atoms with Crippen molar-refractivity contribution in [3.8, 4) is 5.69 Å². The molecule has 2 aromatic rings. The minimum absolute atomic E-state index is 0.488. The minimum atomic E-state index is 0.488. The van der Waals surface area contributed by atoms with Crippen LogP contribution in [0.3, 0.4) is 0 Å². The van der Waals surface area contributed by atoms with E-state index in [0.717, 1.165) is 28.9 Å². The van der Waals surface area contributed by atoms with Crippen molar-refractivity contribution in [2.24, 2.45) is 0 Å². The molecule has 6 heteroatoms. The molecule has 0 atom stereocenters. The molecule has 0 bridgehead atoms. The number of benzene rings is 1. The number of nitrogen functional groups attached to an aromatic ring is 1. The number of rotatable bonds is 1. The Morgan fingerprint density at radius 1 is 1.32 bits per heavy atom. The number of hydrogen-bond acceptors (Lipinski definition) is 3. The molecule has 1 aromatic carbocycles. The van der Waals surface area contributed by atoms with E-state index in [1.54, 1.807) is 4.68 Å². The van der Waals surface area contributed by atoms with Crippen molar-refractivity contribution in [3.05, 3.63) is 39.0 Å². The van der Waals surface area contributed by atoms with E-state index < -0.39 is 0 Å². The summed E-state index contributed by atoms with van der Waals surface area (Å²) in [6.07, 6.45) is 0.765. The summed E-state index contributed by atoms with van der Waals surface area (Å²) < 4.78 is 7.19. The lowest BCUT2D eigenvalue weighted by Crippen LogP contribution is -2.13. The number of nitrogens with two attached hydrogens (primary N) is 1. The monoisotopic (exact) mass is 297 g/mol. The largest absolute Gasteiger partial charge is 0.382 e. The molecule has 1 aromatic heterocycles. The fourth-order valence-corrected chi connectivity index (χ4v) is 2.71. The third-order valence-corrected chi connectivity index (χ3v) is 4.02. The molecule has 0 radical (unpaired) electrons. The molecule has 19 heavy (non-hydrogen) atoms. The van der Waals surface area contributed by atoms with Gasteiger partial charge in [-0.05, 0) is 24.6 Å². The maximum Gasteiger partial charge on any atom is 0.151 e. The lowest BCUT2D eigenvalue weighted by molar-refractivity contribution is 0.110. The van der Waals surface area contributed by atoms with E-state index in [-0.39, 0.29) is 0 Å². The van der Waals surface area contributed by atoms with E-state index in [1.165, 1.54) is 0 Å². The van der Waals surface area contributed by atoms with E-state index in [1.807, 2.05) is 19.1 Å². The lowest BCUT2D eigenvalue weighted by atomic mass is 10.1. The first-order valence-corrected chi connectivity index (χ1v) is 6.73. The zero-order chi connectivity index (χ0) is 13.6. The van der Waals surface area contributed by atoms with E-state index in [0.29, 0.717) is 29.1 Å². The Labute approximate surface area is 121 Å². The Morgan fingerprint density at radius 2 is 2.11 bits per heavy atom. The fraction of sp³-hybridized carbons (Fsp3) is 0.308. The van der Waals surface area contributed by atoms with Crippen LogP contribution < -0.4 is 5.73 Å². The number of aromatic nitrogens is 2. The SMILES string of the molecule is Cc1cc(Cl)c(-n2nc(N)c3c2CCOC3)cc1Cl. The van der Waals surface area contributed by atoms with Crippen LogP contribution in [0, 0.1) is 6.92 Å². The van der Waals surface area contributed by atoms with Crippen LogP contribution in [-0.4, -0.2) is 16.4 Å². The zero-order valence-electron chi connectivity index (χ0n) is 10.4. The van der Waals surface area contributed by atoms with Gasteiger partial charge in [-0.25, -0.2) is 4.68 Å². The molecule has 2 N–H and O–H groups in total. The smallest absolute Gasteiger partial charge is 0.151 e. The minimum Gasteiger partial charge on any atom is -0.382 e. The van der Waals surface area contributed by atoms with Crippen molar-refractivity contribution >= 4 is 29.0 Å². The normalized spacial score (nSPS) is 14.5. The summed E-state index contributed by atoms with van der Waals surface area (Å²) in [4.78, 5) is 0. The average Bonchev–Trinajstić information content (AvgIpc) is 2.72. The summed E-state index contributed by atoms with van der Waals surface area (Å²) in [7, 11) is 0. The van der Waals surface area contributed by atoms with E-state index in [9.17, 15) is 0 Å². The van der Waals surface area contributed by atoms with Crippen LogP contribution in [0.1, 0.15) is 16.8 Å². The predicted octanol–water partition coefficient (Wildman–Crippen LogP) is 3.14. The summed E-state index contributed by atoms with van der Waals surface area (Å²) in [6.45, 7) is 3.08. The van der Waals surface area contributed by atoms with Crippen LogP contribution in [-0.2, 0) is 17.8 Å². The van der Waals surface area contributed by atoms with Crippen molar-refractivity contribution in [2.75, 3.05) is 12.3 Å². The van der Waals surface area contributed by atoms with Gasteiger partial charge in [0, 0.05) is 17.0 Å². The van der Waals surface area contributed by atoms with Gasteiger partial charge in [0.25, 0.3) is 0 Å². The number of nitrogens with zero attached hydrogens (tertiary/aromatic N) is 2. The molecule has 4 nitrogen and oxygen atoms in total. The molecule has 0 fully saturated rings. The van der Waals surface area contributed by atoms with Gasteiger partial charge in [-0.1, -0.05) is 23.2 Å². The molecule has 3 rings (SSSR count). The van der Waals surface area contributed by atoms with Gasteiger partial charge in [-0.15, -0.1) is 5.10 Å². The fourth-order valence-electron chi connectivity index (χ4n) is 2.26. The highest BCUT2D eigenvalue weighted by Crippen LogP contribution is 2.31. The Bertz CT molecular complexity index is 652. The van der Waals surface area contributed by atoms with E-state index in [2.05, 4.69) is 5.10 Å². The Kier molecular flexibility index (Phi) is 3.17. The second-order valence-electron chi connectivity index (χ2n) is 4.58. The first kappa shape index (κ1) is 12.8. The predicted molar refractivity (Wildman–Crippen MR) is 76.1 cm³/mol. The second-order valence-corrected chi connectivity index (χ2v) is 5.39. The Hall–Kier alpha value is -1.23. The standard InChI is InChI=1S/C13H13Cl2N3O/c1-7-4-10(15)12(5-9(7)14)18-11-2-3-19-6-8(11)13(16)17-18/h4-5H,2-3,6H2,1H3,(H2,16,17). The van der Waals surface area contributed by atoms with Gasteiger partial charge in [0.15, 0.2) is 5.82 Å². The van der Waals surface area contributed by atoms with Gasteiger partial charge in [-0.2, -0.15) is 0 Å². The van der Waals surface area contributed by atoms with Crippen LogP contribution in [0.15, 0.2) is 12.1 Å². The van der Waals surface area contributed by atoms with Crippen molar-refractivity contribution in [1.82, 2.24) is 9.78 Å². The van der Waals surface area contributed by atoms with Gasteiger partial charge < -0.3 is 10.5 Å². The van der Waals surface area contributed by atoms with E-state index >= 15 is 0 Å². The molecule has 0 amide bonds. The summed E-state index contributed by atoms with van der Waals surface area (Å²) in [5.74, 6) is 0.488. The number of ether oxygens (including phenoxy) is 1. The molecule has 0 unspecified atom stereocenters. The van der Waals surface area contributed by atoms with Gasteiger partial charge in [-0.3, -0.25) is 0 Å². The number of halogens is 2. The van der Waals surface area contributed by atoms with Gasteiger partial charge in [0.05, 0.1) is 29.6 Å². The lowest BCUT2D eigenvalue weighted by Gasteiger charge is -2.15. The molecule has 0 saturated heterocycles. The average molecular weight is 298 g/mol. The van der Waals surface area contributed by atoms with Crippen molar-refractivity contribution in [2.45, 2.75) is 20.0 Å². The molecule has 100 valence electrons. The summed E-state index contributed by atoms with van der Waals surface area (Å²) in [5, 5.41) is 5.64. The molecule has 0 saturated carbocycles. The molecule has 0 spiro atoms. The number of aryl methyl sites for hydroxylation is 1. The van der Waals surface area contributed by atoms with Crippen LogP contribution in [0.2, 0.25) is 10.0 Å². The summed E-state index contributed by atoms with van der Waals surface area (Å²) in [6, 6.07) is 3.66. The highest BCUT2D eigenvalue weighted by Gasteiger charge is 2.22. The van der Waals surface area contributed by atoms with Gasteiger partial charge in [0.1, 0.15) is 0 Å². The topological polar surface area (TPSA) is 53.1 Å². The van der Waals surface area contributed by atoms with Crippen LogP contribution >= 0.6 is 23.2 Å². The Morgan fingerprint density at radius 3 is 2.89 bits per heavy atom. The highest BCUT2D eigenvalue weighted by atomic mass is 35.5. The van der Waals surface area contributed by atoms with Crippen molar-refractivity contribution < 1.29 is 4.74 Å². The number of anilines is 1. The number of hydrogen-bond donors (Lipinski definition) is 1. The molecule has 1 aliphatic heterocycles. The van der Waals surface area contributed by atoms with Crippen LogP contribution in [0.25, 0.3) is 5.69 Å². The van der Waals surface area contributed by atoms with Crippen molar-refractivity contribution in [3.63, 3.8) is 0 Å². The summed E-state index contributed by atoms with van der Waals surface area (Å²) >= 11 is 12.5. The third kappa shape index (κ3) is 2.10. The van der Waals surface area contributed by atoms with Gasteiger partial charge >= 0.3 is 0 Å². The second kappa shape index (κ2) is 4.71. The van der Waals surface area contributed by atoms with Crippen LogP contribution in [0.4, 0.5) is 5.82 Å². The Balaban J connectivity index is 2.20. The highest BCUT2D eigenvalue weighted by molar-refractivity contribution is 6.35. The van der Waals surface area contributed by atoms with Crippen LogP contribution in [0.5, 0.6) is 0 Å².